The molecule has 2 heteroatoms. The predicted octanol–water partition coefficient (Wildman–Crippen LogP) is 2.30. The van der Waals surface area contributed by atoms with Crippen molar-refractivity contribution >= 4 is 5.97 Å². The van der Waals surface area contributed by atoms with E-state index in [4.69, 9.17) is 11.2 Å². The van der Waals surface area contributed by atoms with E-state index in [0.29, 0.717) is 6.42 Å². The van der Waals surface area contributed by atoms with Crippen LogP contribution >= 0.6 is 0 Å². The first kappa shape index (κ1) is 10.8. The Balaban J connectivity index is 2.85. The number of hydrogen-bond donors (Lipinski definition) is 0. The van der Waals surface area contributed by atoms with Crippen LogP contribution in [0, 0.1) is 17.8 Å². The number of allylic oxidation sites excluding steroid dienone is 2. The van der Waals surface area contributed by atoms with Crippen molar-refractivity contribution in [3.05, 3.63) is 11.6 Å². The molecular formula is C12H16O2. The SMILES string of the molecule is C#CC[C@]1(C(=O)OC)CC=C(C)CC1. The maximum atomic E-state index is 11.6. The van der Waals surface area contributed by atoms with Gasteiger partial charge in [-0.15, -0.1) is 12.3 Å². The van der Waals surface area contributed by atoms with Crippen molar-refractivity contribution in [2.75, 3.05) is 7.11 Å². The molecule has 0 bridgehead atoms. The van der Waals surface area contributed by atoms with E-state index in [9.17, 15) is 4.79 Å². The molecule has 2 nitrogen and oxygen atoms in total. The number of carbonyl (C=O) groups excluding carboxylic acids is 1. The second-order valence-electron chi connectivity index (χ2n) is 3.91. The molecule has 0 aromatic carbocycles. The van der Waals surface area contributed by atoms with Crippen molar-refractivity contribution in [1.29, 1.82) is 0 Å². The Morgan fingerprint density at radius 3 is 2.93 bits per heavy atom. The standard InChI is InChI=1S/C12H16O2/c1-4-7-12(11(13)14-3)8-5-10(2)6-9-12/h1,5H,6-9H2,2-3H3/t12-/m0/s1. The van der Waals surface area contributed by atoms with Crippen LogP contribution in [0.15, 0.2) is 11.6 Å². The molecule has 1 aliphatic rings. The van der Waals surface area contributed by atoms with Crippen molar-refractivity contribution in [2.45, 2.75) is 32.6 Å². The highest BCUT2D eigenvalue weighted by Crippen LogP contribution is 2.39. The van der Waals surface area contributed by atoms with E-state index in [1.54, 1.807) is 0 Å². The van der Waals surface area contributed by atoms with E-state index in [1.165, 1.54) is 12.7 Å². The molecule has 0 radical (unpaired) electrons. The number of methoxy groups -OCH3 is 1. The van der Waals surface area contributed by atoms with Crippen molar-refractivity contribution in [3.63, 3.8) is 0 Å². The van der Waals surface area contributed by atoms with Gasteiger partial charge in [-0.1, -0.05) is 11.6 Å². The van der Waals surface area contributed by atoms with Crippen LogP contribution in [0.25, 0.3) is 0 Å². The molecule has 0 heterocycles. The lowest BCUT2D eigenvalue weighted by Crippen LogP contribution is -2.33. The average Bonchev–Trinajstić information content (AvgIpc) is 2.21. The normalized spacial score (nSPS) is 26.2. The summed E-state index contributed by atoms with van der Waals surface area (Å²) in [5.74, 6) is 2.41. The van der Waals surface area contributed by atoms with E-state index in [2.05, 4.69) is 18.9 Å². The molecule has 0 N–H and O–H groups in total. The minimum atomic E-state index is -0.455. The van der Waals surface area contributed by atoms with Gasteiger partial charge in [-0.2, -0.15) is 0 Å². The highest BCUT2D eigenvalue weighted by atomic mass is 16.5. The van der Waals surface area contributed by atoms with Crippen LogP contribution in [0.2, 0.25) is 0 Å². The maximum Gasteiger partial charge on any atom is 0.313 e. The second kappa shape index (κ2) is 4.32. The van der Waals surface area contributed by atoms with Crippen LogP contribution < -0.4 is 0 Å². The van der Waals surface area contributed by atoms with Gasteiger partial charge in [0.25, 0.3) is 0 Å². The van der Waals surface area contributed by atoms with Crippen LogP contribution in [0.3, 0.4) is 0 Å². The number of terminal acetylenes is 1. The smallest absolute Gasteiger partial charge is 0.313 e. The summed E-state index contributed by atoms with van der Waals surface area (Å²) in [5.41, 5.74) is 0.879. The Kier molecular flexibility index (Phi) is 3.35. The monoisotopic (exact) mass is 192 g/mol. The zero-order chi connectivity index (χ0) is 10.6. The van der Waals surface area contributed by atoms with Crippen LogP contribution in [0.4, 0.5) is 0 Å². The van der Waals surface area contributed by atoms with E-state index in [-0.39, 0.29) is 5.97 Å². The van der Waals surface area contributed by atoms with Crippen LogP contribution in [-0.2, 0) is 9.53 Å². The molecule has 0 unspecified atom stereocenters. The van der Waals surface area contributed by atoms with E-state index in [0.717, 1.165) is 19.3 Å². The number of hydrogen-bond acceptors (Lipinski definition) is 2. The van der Waals surface area contributed by atoms with E-state index < -0.39 is 5.41 Å². The van der Waals surface area contributed by atoms with Gasteiger partial charge in [0.05, 0.1) is 12.5 Å². The second-order valence-corrected chi connectivity index (χ2v) is 3.91. The molecular weight excluding hydrogens is 176 g/mol. The minimum Gasteiger partial charge on any atom is -0.469 e. The molecule has 0 amide bonds. The summed E-state index contributed by atoms with van der Waals surface area (Å²) in [7, 11) is 1.42. The quantitative estimate of drug-likeness (QED) is 0.381. The van der Waals surface area contributed by atoms with Crippen LogP contribution in [-0.4, -0.2) is 13.1 Å². The summed E-state index contributed by atoms with van der Waals surface area (Å²) in [4.78, 5) is 11.6. The van der Waals surface area contributed by atoms with Crippen molar-refractivity contribution in [2.24, 2.45) is 5.41 Å². The number of esters is 1. The topological polar surface area (TPSA) is 26.3 Å². The van der Waals surface area contributed by atoms with Gasteiger partial charge in [-0.3, -0.25) is 4.79 Å². The summed E-state index contributed by atoms with van der Waals surface area (Å²) in [6.07, 6.45) is 10.3. The summed E-state index contributed by atoms with van der Waals surface area (Å²) in [5, 5.41) is 0. The zero-order valence-corrected chi connectivity index (χ0v) is 8.80. The lowest BCUT2D eigenvalue weighted by atomic mass is 9.73. The van der Waals surface area contributed by atoms with Gasteiger partial charge in [-0.25, -0.2) is 0 Å². The fraction of sp³-hybridized carbons (Fsp3) is 0.583. The average molecular weight is 192 g/mol. The molecule has 0 aliphatic heterocycles. The first-order valence-electron chi connectivity index (χ1n) is 4.82. The van der Waals surface area contributed by atoms with Gasteiger partial charge in [0, 0.05) is 6.42 Å². The fourth-order valence-electron chi connectivity index (χ4n) is 1.84. The zero-order valence-electron chi connectivity index (χ0n) is 8.80. The fourth-order valence-corrected chi connectivity index (χ4v) is 1.84. The molecule has 0 saturated heterocycles. The molecule has 14 heavy (non-hydrogen) atoms. The molecule has 0 saturated carbocycles. The Morgan fingerprint density at radius 2 is 2.50 bits per heavy atom. The minimum absolute atomic E-state index is 0.167. The third kappa shape index (κ3) is 1.98. The van der Waals surface area contributed by atoms with Gasteiger partial charge in [0.15, 0.2) is 0 Å². The van der Waals surface area contributed by atoms with Gasteiger partial charge in [0.2, 0.25) is 0 Å². The third-order valence-electron chi connectivity index (χ3n) is 2.90. The van der Waals surface area contributed by atoms with Gasteiger partial charge < -0.3 is 4.74 Å². The van der Waals surface area contributed by atoms with Crippen LogP contribution in [0.1, 0.15) is 32.6 Å². The summed E-state index contributed by atoms with van der Waals surface area (Å²) < 4.78 is 4.82. The Hall–Kier alpha value is -1.23. The lowest BCUT2D eigenvalue weighted by molar-refractivity contribution is -0.153. The molecule has 1 aliphatic carbocycles. The Labute approximate surface area is 85.3 Å². The first-order valence-corrected chi connectivity index (χ1v) is 4.82. The van der Waals surface area contributed by atoms with Crippen molar-refractivity contribution in [1.82, 2.24) is 0 Å². The largest absolute Gasteiger partial charge is 0.469 e. The molecule has 0 aromatic heterocycles. The summed E-state index contributed by atoms with van der Waals surface area (Å²) in [6.45, 7) is 2.08. The number of ether oxygens (including phenoxy) is 1. The Morgan fingerprint density at radius 1 is 1.79 bits per heavy atom. The molecule has 0 aromatic rings. The van der Waals surface area contributed by atoms with E-state index >= 15 is 0 Å². The Bertz CT molecular complexity index is 296. The molecule has 0 fully saturated rings. The van der Waals surface area contributed by atoms with Crippen molar-refractivity contribution in [3.8, 4) is 12.3 Å². The molecule has 1 rings (SSSR count). The highest BCUT2D eigenvalue weighted by molar-refractivity contribution is 5.77. The maximum absolute atomic E-state index is 11.6. The third-order valence-corrected chi connectivity index (χ3v) is 2.90. The van der Waals surface area contributed by atoms with Gasteiger partial charge >= 0.3 is 5.97 Å². The highest BCUT2D eigenvalue weighted by Gasteiger charge is 2.39. The van der Waals surface area contributed by atoms with Gasteiger partial charge in [-0.05, 0) is 26.2 Å². The molecule has 76 valence electrons. The first-order chi connectivity index (χ1) is 6.64. The number of carbonyl (C=O) groups is 1. The summed E-state index contributed by atoms with van der Waals surface area (Å²) in [6, 6.07) is 0. The van der Waals surface area contributed by atoms with Gasteiger partial charge in [0.1, 0.15) is 0 Å². The van der Waals surface area contributed by atoms with Crippen molar-refractivity contribution < 1.29 is 9.53 Å². The van der Waals surface area contributed by atoms with Crippen LogP contribution in [0.5, 0.6) is 0 Å². The predicted molar refractivity (Wildman–Crippen MR) is 55.5 cm³/mol. The molecule has 1 atom stereocenters. The van der Waals surface area contributed by atoms with E-state index in [1.807, 2.05) is 0 Å². The molecule has 0 spiro atoms. The lowest BCUT2D eigenvalue weighted by Gasteiger charge is -2.31. The summed E-state index contributed by atoms with van der Waals surface area (Å²) >= 11 is 0. The number of rotatable bonds is 2.